The van der Waals surface area contributed by atoms with Crippen molar-refractivity contribution < 1.29 is 8.42 Å². The zero-order valence-electron chi connectivity index (χ0n) is 11.2. The molecule has 0 radical (unpaired) electrons. The van der Waals surface area contributed by atoms with E-state index in [0.29, 0.717) is 4.47 Å². The lowest BCUT2D eigenvalue weighted by Gasteiger charge is -2.18. The predicted octanol–water partition coefficient (Wildman–Crippen LogP) is 4.03. The fourth-order valence-corrected chi connectivity index (χ4v) is 3.74. The number of halogens is 2. The molecule has 1 atom stereocenters. The minimum absolute atomic E-state index is 0.0530. The van der Waals surface area contributed by atoms with Gasteiger partial charge in [-0.1, -0.05) is 34.1 Å². The summed E-state index contributed by atoms with van der Waals surface area (Å²) in [5, 5.41) is 8.45. The molecule has 0 amide bonds. The van der Waals surface area contributed by atoms with Gasteiger partial charge in [0.15, 0.2) is 0 Å². The van der Waals surface area contributed by atoms with Gasteiger partial charge in [0.25, 0.3) is 0 Å². The third-order valence-electron chi connectivity index (χ3n) is 3.01. The topological polar surface area (TPSA) is 72.2 Å². The van der Waals surface area contributed by atoms with Crippen LogP contribution in [-0.2, 0) is 10.0 Å². The van der Waals surface area contributed by atoms with Crippen LogP contribution in [0.15, 0.2) is 56.3 Å². The first-order valence-corrected chi connectivity index (χ1v) is 9.25. The van der Waals surface area contributed by atoms with E-state index in [1.54, 1.807) is 6.07 Å². The molecule has 4 nitrogen and oxygen atoms in total. The molecule has 0 heterocycles. The standard InChI is InChI=1S/C14H14Br2N2O2S/c1-9(11-4-2-3-5-12(11)15)18-14-7-6-10(8-13(14)16)21(17,19)20/h2-9,18H,1H3,(H2,17,19,20). The van der Waals surface area contributed by atoms with Crippen molar-refractivity contribution in [3.63, 3.8) is 0 Å². The SMILES string of the molecule is CC(Nc1ccc(S(N)(=O)=O)cc1Br)c1ccccc1Br. The molecule has 0 saturated heterocycles. The molecule has 3 N–H and O–H groups in total. The fourth-order valence-electron chi connectivity index (χ4n) is 1.93. The molecular formula is C14H14Br2N2O2S. The highest BCUT2D eigenvalue weighted by Gasteiger charge is 2.13. The van der Waals surface area contributed by atoms with Crippen LogP contribution in [0.25, 0.3) is 0 Å². The summed E-state index contributed by atoms with van der Waals surface area (Å²) in [5.41, 5.74) is 1.91. The average Bonchev–Trinajstić information content (AvgIpc) is 2.40. The number of nitrogens with two attached hydrogens (primary N) is 1. The Balaban J connectivity index is 2.27. The molecule has 0 aliphatic carbocycles. The Morgan fingerprint density at radius 1 is 1.10 bits per heavy atom. The highest BCUT2D eigenvalue weighted by atomic mass is 79.9. The predicted molar refractivity (Wildman–Crippen MR) is 91.7 cm³/mol. The molecular weight excluding hydrogens is 420 g/mol. The van der Waals surface area contributed by atoms with Crippen molar-refractivity contribution >= 4 is 47.6 Å². The molecule has 2 rings (SSSR count). The fraction of sp³-hybridized carbons (Fsp3) is 0.143. The second-order valence-corrected chi connectivity index (χ2v) is 7.84. The summed E-state index contributed by atoms with van der Waals surface area (Å²) in [5.74, 6) is 0. The first-order valence-electron chi connectivity index (χ1n) is 6.12. The van der Waals surface area contributed by atoms with E-state index in [4.69, 9.17) is 5.14 Å². The van der Waals surface area contributed by atoms with Gasteiger partial charge in [-0.2, -0.15) is 0 Å². The first kappa shape index (κ1) is 16.5. The van der Waals surface area contributed by atoms with Crippen molar-refractivity contribution in [2.75, 3.05) is 5.32 Å². The Bertz CT molecular complexity index is 763. The van der Waals surface area contributed by atoms with Crippen LogP contribution in [0.2, 0.25) is 0 Å². The van der Waals surface area contributed by atoms with E-state index >= 15 is 0 Å². The Morgan fingerprint density at radius 3 is 2.33 bits per heavy atom. The number of benzene rings is 2. The lowest BCUT2D eigenvalue weighted by molar-refractivity contribution is 0.598. The van der Waals surface area contributed by atoms with E-state index in [2.05, 4.69) is 37.2 Å². The molecule has 2 aromatic carbocycles. The quantitative estimate of drug-likeness (QED) is 0.764. The van der Waals surface area contributed by atoms with Gasteiger partial charge in [0.05, 0.1) is 4.90 Å². The van der Waals surface area contributed by atoms with Gasteiger partial charge in [-0.25, -0.2) is 13.6 Å². The van der Waals surface area contributed by atoms with Crippen molar-refractivity contribution in [3.8, 4) is 0 Å². The highest BCUT2D eigenvalue weighted by Crippen LogP contribution is 2.30. The Morgan fingerprint density at radius 2 is 1.76 bits per heavy atom. The van der Waals surface area contributed by atoms with Gasteiger partial charge < -0.3 is 5.32 Å². The number of nitrogens with one attached hydrogen (secondary N) is 1. The number of hydrogen-bond acceptors (Lipinski definition) is 3. The maximum atomic E-state index is 11.3. The number of hydrogen-bond donors (Lipinski definition) is 2. The monoisotopic (exact) mass is 432 g/mol. The van der Waals surface area contributed by atoms with Gasteiger partial charge in [-0.3, -0.25) is 0 Å². The maximum Gasteiger partial charge on any atom is 0.238 e. The van der Waals surface area contributed by atoms with Gasteiger partial charge in [0.1, 0.15) is 0 Å². The number of sulfonamides is 1. The average molecular weight is 434 g/mol. The molecule has 0 fully saturated rings. The van der Waals surface area contributed by atoms with Crippen LogP contribution in [0.1, 0.15) is 18.5 Å². The molecule has 1 unspecified atom stereocenters. The van der Waals surface area contributed by atoms with Crippen molar-refractivity contribution in [1.29, 1.82) is 0 Å². The Labute approximate surface area is 141 Å². The molecule has 21 heavy (non-hydrogen) atoms. The first-order chi connectivity index (χ1) is 9.79. The van der Waals surface area contributed by atoms with Crippen molar-refractivity contribution in [2.24, 2.45) is 5.14 Å². The molecule has 0 aliphatic heterocycles. The van der Waals surface area contributed by atoms with Crippen LogP contribution >= 0.6 is 31.9 Å². The van der Waals surface area contributed by atoms with Crippen LogP contribution in [0, 0.1) is 0 Å². The van der Waals surface area contributed by atoms with Gasteiger partial charge in [0, 0.05) is 20.7 Å². The van der Waals surface area contributed by atoms with E-state index in [-0.39, 0.29) is 10.9 Å². The summed E-state index contributed by atoms with van der Waals surface area (Å²) < 4.78 is 24.3. The van der Waals surface area contributed by atoms with Gasteiger partial charge in [-0.15, -0.1) is 0 Å². The minimum atomic E-state index is -3.69. The summed E-state index contributed by atoms with van der Waals surface area (Å²) in [6.45, 7) is 2.03. The normalized spacial score (nSPS) is 13.0. The number of rotatable bonds is 4. The van der Waals surface area contributed by atoms with Gasteiger partial charge in [0.2, 0.25) is 10.0 Å². The summed E-state index contributed by atoms with van der Waals surface area (Å²) in [7, 11) is -3.69. The van der Waals surface area contributed by atoms with Crippen LogP contribution < -0.4 is 10.5 Å². The second kappa shape index (κ2) is 6.48. The summed E-state index contributed by atoms with van der Waals surface area (Å²) in [4.78, 5) is 0.0773. The summed E-state index contributed by atoms with van der Waals surface area (Å²) in [6.07, 6.45) is 0. The number of primary sulfonamides is 1. The highest BCUT2D eigenvalue weighted by molar-refractivity contribution is 9.11. The van der Waals surface area contributed by atoms with E-state index in [1.165, 1.54) is 12.1 Å². The van der Waals surface area contributed by atoms with E-state index in [0.717, 1.165) is 15.7 Å². The van der Waals surface area contributed by atoms with Crippen LogP contribution in [0.3, 0.4) is 0 Å². The molecule has 112 valence electrons. The molecule has 0 saturated carbocycles. The Hall–Kier alpha value is -0.890. The Kier molecular flexibility index (Phi) is 5.08. The van der Waals surface area contributed by atoms with Crippen LogP contribution in [-0.4, -0.2) is 8.42 Å². The zero-order chi connectivity index (χ0) is 15.6. The summed E-state index contributed by atoms with van der Waals surface area (Å²) in [6, 6.07) is 12.6. The largest absolute Gasteiger partial charge is 0.378 e. The smallest absolute Gasteiger partial charge is 0.238 e. The molecule has 2 aromatic rings. The lowest BCUT2D eigenvalue weighted by Crippen LogP contribution is -2.13. The molecule has 0 bridgehead atoms. The second-order valence-electron chi connectivity index (χ2n) is 4.57. The molecule has 0 aliphatic rings. The summed E-state index contributed by atoms with van der Waals surface area (Å²) >= 11 is 6.88. The maximum absolute atomic E-state index is 11.3. The van der Waals surface area contributed by atoms with E-state index in [9.17, 15) is 8.42 Å². The molecule has 7 heteroatoms. The van der Waals surface area contributed by atoms with Crippen LogP contribution in [0.5, 0.6) is 0 Å². The van der Waals surface area contributed by atoms with E-state index in [1.807, 2.05) is 31.2 Å². The van der Waals surface area contributed by atoms with E-state index < -0.39 is 10.0 Å². The third-order valence-corrected chi connectivity index (χ3v) is 5.30. The van der Waals surface area contributed by atoms with Crippen molar-refractivity contribution in [3.05, 3.63) is 57.0 Å². The molecule has 0 aromatic heterocycles. The number of anilines is 1. The zero-order valence-corrected chi connectivity index (χ0v) is 15.2. The third kappa shape index (κ3) is 4.06. The lowest BCUT2D eigenvalue weighted by atomic mass is 10.1. The minimum Gasteiger partial charge on any atom is -0.378 e. The van der Waals surface area contributed by atoms with Gasteiger partial charge >= 0.3 is 0 Å². The van der Waals surface area contributed by atoms with Gasteiger partial charge in [-0.05, 0) is 52.7 Å². The van der Waals surface area contributed by atoms with Crippen molar-refractivity contribution in [1.82, 2.24) is 0 Å². The van der Waals surface area contributed by atoms with Crippen LogP contribution in [0.4, 0.5) is 5.69 Å². The van der Waals surface area contributed by atoms with Crippen molar-refractivity contribution in [2.45, 2.75) is 17.9 Å². The molecule has 0 spiro atoms.